The molecule has 0 aliphatic carbocycles. The summed E-state index contributed by atoms with van der Waals surface area (Å²) in [7, 11) is 1.83. The predicted molar refractivity (Wildman–Crippen MR) is 52.3 cm³/mol. The van der Waals surface area contributed by atoms with Gasteiger partial charge >= 0.3 is 0 Å². The van der Waals surface area contributed by atoms with E-state index in [4.69, 9.17) is 9.68 Å². The van der Waals surface area contributed by atoms with E-state index in [1.165, 1.54) is 0 Å². The van der Waals surface area contributed by atoms with Crippen LogP contribution in [0.1, 0.15) is 33.6 Å². The summed E-state index contributed by atoms with van der Waals surface area (Å²) in [6.07, 6.45) is 2.38. The van der Waals surface area contributed by atoms with Gasteiger partial charge in [-0.25, -0.2) is 0 Å². The minimum Gasteiger partial charge on any atom is -0.298 e. The first kappa shape index (κ1) is 12.8. The van der Waals surface area contributed by atoms with Crippen LogP contribution in [0.4, 0.5) is 0 Å². The standard InChI is InChI=1S/C9H21N2O2/c1-5-6-7-12-11(4)8-10-13-9(2)3/h8-10H,5-7H2,1-4H3. The Balaban J connectivity index is 3.15. The van der Waals surface area contributed by atoms with Gasteiger partial charge in [-0.3, -0.25) is 9.68 Å². The molecule has 0 atom stereocenters. The smallest absolute Gasteiger partial charge is 0.140 e. The SMILES string of the molecule is CCCCON(C)[CH]NOC(C)C. The topological polar surface area (TPSA) is 33.7 Å². The lowest BCUT2D eigenvalue weighted by Crippen LogP contribution is -2.28. The van der Waals surface area contributed by atoms with Crippen molar-refractivity contribution in [1.82, 2.24) is 10.5 Å². The lowest BCUT2D eigenvalue weighted by Gasteiger charge is -2.16. The second-order valence-electron chi connectivity index (χ2n) is 3.15. The van der Waals surface area contributed by atoms with Gasteiger partial charge in [-0.2, -0.15) is 10.5 Å². The fourth-order valence-corrected chi connectivity index (χ4v) is 0.631. The molecule has 1 N–H and O–H groups in total. The maximum Gasteiger partial charge on any atom is 0.140 e. The molecule has 0 bridgehead atoms. The van der Waals surface area contributed by atoms with Crippen LogP contribution in [0.15, 0.2) is 0 Å². The number of nitrogens with one attached hydrogen (secondary N) is 1. The molecule has 0 aromatic heterocycles. The Labute approximate surface area is 81.1 Å². The Morgan fingerprint density at radius 1 is 1.46 bits per heavy atom. The van der Waals surface area contributed by atoms with E-state index in [2.05, 4.69) is 12.4 Å². The van der Waals surface area contributed by atoms with Crippen LogP contribution in [0.2, 0.25) is 0 Å². The van der Waals surface area contributed by atoms with Gasteiger partial charge in [0.15, 0.2) is 0 Å². The quantitative estimate of drug-likeness (QED) is 0.465. The van der Waals surface area contributed by atoms with Crippen molar-refractivity contribution in [3.8, 4) is 0 Å². The van der Waals surface area contributed by atoms with Crippen LogP contribution in [-0.4, -0.2) is 24.8 Å². The highest BCUT2D eigenvalue weighted by molar-refractivity contribution is 4.46. The largest absolute Gasteiger partial charge is 0.298 e. The molecule has 0 heterocycles. The van der Waals surface area contributed by atoms with Crippen molar-refractivity contribution in [2.75, 3.05) is 13.7 Å². The van der Waals surface area contributed by atoms with Crippen molar-refractivity contribution in [1.29, 1.82) is 0 Å². The molecule has 0 aliphatic heterocycles. The minimum absolute atomic E-state index is 0.167. The van der Waals surface area contributed by atoms with Crippen LogP contribution in [0.5, 0.6) is 0 Å². The zero-order valence-corrected chi connectivity index (χ0v) is 9.04. The van der Waals surface area contributed by atoms with E-state index in [9.17, 15) is 0 Å². The third-order valence-electron chi connectivity index (χ3n) is 1.33. The van der Waals surface area contributed by atoms with Gasteiger partial charge in [-0.15, -0.1) is 0 Å². The second-order valence-corrected chi connectivity index (χ2v) is 3.15. The maximum atomic E-state index is 5.30. The molecular formula is C9H21N2O2. The highest BCUT2D eigenvalue weighted by atomic mass is 16.7. The van der Waals surface area contributed by atoms with Gasteiger partial charge in [0.1, 0.15) is 6.67 Å². The van der Waals surface area contributed by atoms with E-state index in [1.54, 1.807) is 11.7 Å². The van der Waals surface area contributed by atoms with Gasteiger partial charge in [-0.05, 0) is 20.3 Å². The first-order valence-corrected chi connectivity index (χ1v) is 4.77. The molecule has 0 fully saturated rings. The van der Waals surface area contributed by atoms with Gasteiger partial charge in [0.25, 0.3) is 0 Å². The molecule has 79 valence electrons. The Morgan fingerprint density at radius 3 is 2.69 bits per heavy atom. The second kappa shape index (κ2) is 8.44. The maximum absolute atomic E-state index is 5.30. The van der Waals surface area contributed by atoms with Crippen molar-refractivity contribution in [2.24, 2.45) is 0 Å². The van der Waals surface area contributed by atoms with E-state index in [0.29, 0.717) is 0 Å². The fraction of sp³-hybridized carbons (Fsp3) is 0.889. The summed E-state index contributed by atoms with van der Waals surface area (Å²) in [5.41, 5.74) is 2.69. The van der Waals surface area contributed by atoms with Crippen LogP contribution >= 0.6 is 0 Å². The van der Waals surface area contributed by atoms with E-state index in [-0.39, 0.29) is 6.10 Å². The van der Waals surface area contributed by atoms with Crippen molar-refractivity contribution in [2.45, 2.75) is 39.7 Å². The summed E-state index contributed by atoms with van der Waals surface area (Å²) in [5.74, 6) is 0. The zero-order chi connectivity index (χ0) is 10.1. The van der Waals surface area contributed by atoms with Crippen molar-refractivity contribution >= 4 is 0 Å². The Bertz CT molecular complexity index is 110. The summed E-state index contributed by atoms with van der Waals surface area (Å²) in [6.45, 7) is 8.44. The van der Waals surface area contributed by atoms with Crippen molar-refractivity contribution in [3.05, 3.63) is 6.67 Å². The van der Waals surface area contributed by atoms with Gasteiger partial charge < -0.3 is 0 Å². The molecule has 13 heavy (non-hydrogen) atoms. The predicted octanol–water partition coefficient (Wildman–Crippen LogP) is 1.70. The molecule has 4 heteroatoms. The van der Waals surface area contributed by atoms with E-state index >= 15 is 0 Å². The molecule has 4 nitrogen and oxygen atoms in total. The summed E-state index contributed by atoms with van der Waals surface area (Å²) >= 11 is 0. The normalized spacial score (nSPS) is 11.5. The molecule has 0 saturated carbocycles. The number of rotatable bonds is 8. The average Bonchev–Trinajstić information content (AvgIpc) is 2.04. The number of hydrogen-bond acceptors (Lipinski definition) is 4. The molecule has 0 aromatic rings. The van der Waals surface area contributed by atoms with Crippen molar-refractivity contribution < 1.29 is 9.68 Å². The Morgan fingerprint density at radius 2 is 2.15 bits per heavy atom. The Hall–Kier alpha value is -0.160. The van der Waals surface area contributed by atoms with Gasteiger partial charge in [0, 0.05) is 7.05 Å². The zero-order valence-electron chi connectivity index (χ0n) is 9.04. The molecule has 0 amide bonds. The highest BCUT2D eigenvalue weighted by Crippen LogP contribution is 1.93. The molecule has 0 rings (SSSR count). The lowest BCUT2D eigenvalue weighted by atomic mass is 10.4. The van der Waals surface area contributed by atoms with Crippen LogP contribution in [0.3, 0.4) is 0 Å². The first-order chi connectivity index (χ1) is 6.16. The number of unbranched alkanes of at least 4 members (excludes halogenated alkanes) is 1. The molecule has 0 aliphatic rings. The van der Waals surface area contributed by atoms with E-state index < -0.39 is 0 Å². The van der Waals surface area contributed by atoms with Crippen LogP contribution in [0, 0.1) is 6.67 Å². The molecule has 0 aromatic carbocycles. The van der Waals surface area contributed by atoms with Crippen LogP contribution < -0.4 is 5.48 Å². The molecule has 0 saturated heterocycles. The number of hydrogen-bond donors (Lipinski definition) is 1. The van der Waals surface area contributed by atoms with Gasteiger partial charge in [-0.1, -0.05) is 13.3 Å². The third kappa shape index (κ3) is 9.76. The van der Waals surface area contributed by atoms with Crippen molar-refractivity contribution in [3.63, 3.8) is 0 Å². The van der Waals surface area contributed by atoms with Crippen LogP contribution in [-0.2, 0) is 9.68 Å². The Kier molecular flexibility index (Phi) is 8.33. The molecule has 0 spiro atoms. The summed E-state index contributed by atoms with van der Waals surface area (Å²) in [5, 5.41) is 1.61. The summed E-state index contributed by atoms with van der Waals surface area (Å²) in [4.78, 5) is 10.4. The van der Waals surface area contributed by atoms with Gasteiger partial charge in [0.2, 0.25) is 0 Å². The van der Waals surface area contributed by atoms with Gasteiger partial charge in [0.05, 0.1) is 12.7 Å². The minimum atomic E-state index is 0.167. The molecular weight excluding hydrogens is 168 g/mol. The summed E-state index contributed by atoms with van der Waals surface area (Å²) < 4.78 is 0. The number of nitrogens with zero attached hydrogens (tertiary/aromatic N) is 1. The van der Waals surface area contributed by atoms with Crippen LogP contribution in [0.25, 0.3) is 0 Å². The molecule has 0 unspecified atom stereocenters. The average molecular weight is 189 g/mol. The van der Waals surface area contributed by atoms with E-state index in [0.717, 1.165) is 19.4 Å². The highest BCUT2D eigenvalue weighted by Gasteiger charge is 1.98. The van der Waals surface area contributed by atoms with E-state index in [1.807, 2.05) is 20.9 Å². The summed E-state index contributed by atoms with van der Waals surface area (Å²) in [6, 6.07) is 0. The third-order valence-corrected chi connectivity index (χ3v) is 1.33. The lowest BCUT2D eigenvalue weighted by molar-refractivity contribution is -0.143. The number of hydroxylamine groups is 3. The fourth-order valence-electron chi connectivity index (χ4n) is 0.631. The monoisotopic (exact) mass is 189 g/mol. The first-order valence-electron chi connectivity index (χ1n) is 4.77. The molecule has 1 radical (unpaired) electrons.